The molecule has 1 saturated heterocycles. The number of nitrogens with zero attached hydrogens (tertiary/aromatic N) is 2. The van der Waals surface area contributed by atoms with Crippen molar-refractivity contribution in [1.29, 1.82) is 0 Å². The minimum Gasteiger partial charge on any atom is -0.361 e. The summed E-state index contributed by atoms with van der Waals surface area (Å²) in [5, 5.41) is 7.23. The second kappa shape index (κ2) is 7.68. The van der Waals surface area contributed by atoms with E-state index >= 15 is 0 Å². The summed E-state index contributed by atoms with van der Waals surface area (Å²) in [6.07, 6.45) is 7.54. The number of rotatable bonds is 4. The average Bonchev–Trinajstić information content (AvgIpc) is 3.09. The zero-order valence-electron chi connectivity index (χ0n) is 16.3. The minimum atomic E-state index is -0.0921. The molecule has 1 aromatic heterocycles. The molecule has 5 nitrogen and oxygen atoms in total. The molecule has 0 atom stereocenters. The fourth-order valence-electron chi connectivity index (χ4n) is 4.23. The van der Waals surface area contributed by atoms with Crippen LogP contribution in [0, 0.1) is 0 Å². The van der Waals surface area contributed by atoms with Crippen molar-refractivity contribution in [3.8, 4) is 0 Å². The lowest BCUT2D eigenvalue weighted by Gasteiger charge is -2.26. The lowest BCUT2D eigenvalue weighted by molar-refractivity contribution is -0.110. The Morgan fingerprint density at radius 3 is 2.69 bits per heavy atom. The molecule has 1 fully saturated rings. The predicted molar refractivity (Wildman–Crippen MR) is 118 cm³/mol. The van der Waals surface area contributed by atoms with Gasteiger partial charge in [-0.15, -0.1) is 0 Å². The fraction of sp³-hybridized carbons (Fsp3) is 0.250. The van der Waals surface area contributed by atoms with Gasteiger partial charge in [-0.25, -0.2) is 0 Å². The number of pyridine rings is 1. The zero-order chi connectivity index (χ0) is 19.6. The number of benzene rings is 2. The first kappa shape index (κ1) is 17.9. The van der Waals surface area contributed by atoms with E-state index in [0.29, 0.717) is 5.57 Å². The van der Waals surface area contributed by atoms with Crippen molar-refractivity contribution < 1.29 is 4.79 Å². The number of amides is 1. The van der Waals surface area contributed by atoms with Crippen molar-refractivity contribution >= 4 is 33.8 Å². The Morgan fingerprint density at radius 2 is 1.86 bits per heavy atom. The van der Waals surface area contributed by atoms with Gasteiger partial charge in [0.25, 0.3) is 5.91 Å². The van der Waals surface area contributed by atoms with Crippen LogP contribution in [-0.4, -0.2) is 28.9 Å². The topological polar surface area (TPSA) is 57.3 Å². The van der Waals surface area contributed by atoms with E-state index in [2.05, 4.69) is 44.8 Å². The number of carbonyl (C=O) groups is 1. The van der Waals surface area contributed by atoms with Gasteiger partial charge in [-0.1, -0.05) is 24.6 Å². The molecule has 29 heavy (non-hydrogen) atoms. The third-order valence-corrected chi connectivity index (χ3v) is 5.74. The van der Waals surface area contributed by atoms with E-state index in [1.54, 1.807) is 12.4 Å². The maximum Gasteiger partial charge on any atom is 0.257 e. The fourth-order valence-corrected chi connectivity index (χ4v) is 4.23. The second-order valence-corrected chi connectivity index (χ2v) is 7.75. The maximum absolute atomic E-state index is 12.5. The van der Waals surface area contributed by atoms with Gasteiger partial charge in [0.2, 0.25) is 0 Å². The van der Waals surface area contributed by atoms with E-state index in [9.17, 15) is 4.79 Å². The summed E-state index contributed by atoms with van der Waals surface area (Å²) in [6, 6.07) is 16.2. The number of hydrogen-bond donors (Lipinski definition) is 2. The highest BCUT2D eigenvalue weighted by molar-refractivity contribution is 6.34. The Bertz CT molecular complexity index is 1080. The monoisotopic (exact) mass is 384 g/mol. The summed E-state index contributed by atoms with van der Waals surface area (Å²) < 4.78 is 0. The lowest BCUT2D eigenvalue weighted by Crippen LogP contribution is -2.29. The Morgan fingerprint density at radius 1 is 1.03 bits per heavy atom. The smallest absolute Gasteiger partial charge is 0.257 e. The van der Waals surface area contributed by atoms with Crippen molar-refractivity contribution in [3.05, 3.63) is 72.1 Å². The third-order valence-electron chi connectivity index (χ3n) is 5.74. The summed E-state index contributed by atoms with van der Waals surface area (Å²) in [6.45, 7) is 3.41. The SMILES string of the molecule is O=C1Nc2ccc3ncccc3c2C1=CNc1ccc(CN2CCCCC2)cc1. The van der Waals surface area contributed by atoms with E-state index in [1.807, 2.05) is 24.3 Å². The summed E-state index contributed by atoms with van der Waals surface area (Å²) in [7, 11) is 0. The van der Waals surface area contributed by atoms with Crippen molar-refractivity contribution in [1.82, 2.24) is 9.88 Å². The van der Waals surface area contributed by atoms with Crippen LogP contribution in [0.15, 0.2) is 60.9 Å². The van der Waals surface area contributed by atoms with Gasteiger partial charge < -0.3 is 10.6 Å². The molecule has 2 aromatic carbocycles. The van der Waals surface area contributed by atoms with Gasteiger partial charge in [-0.2, -0.15) is 0 Å². The number of fused-ring (bicyclic) bond motifs is 3. The van der Waals surface area contributed by atoms with Crippen molar-refractivity contribution in [3.63, 3.8) is 0 Å². The molecule has 0 bridgehead atoms. The Labute approximate surface area is 170 Å². The summed E-state index contributed by atoms with van der Waals surface area (Å²) >= 11 is 0. The van der Waals surface area contributed by atoms with E-state index in [0.717, 1.165) is 34.4 Å². The number of hydrogen-bond acceptors (Lipinski definition) is 4. The largest absolute Gasteiger partial charge is 0.361 e. The first-order valence-electron chi connectivity index (χ1n) is 10.3. The number of likely N-dealkylation sites (tertiary alicyclic amines) is 1. The number of carbonyl (C=O) groups excluding carboxylic acids is 1. The van der Waals surface area contributed by atoms with E-state index in [1.165, 1.54) is 37.9 Å². The molecule has 2 N–H and O–H groups in total. The quantitative estimate of drug-likeness (QED) is 0.644. The molecule has 3 heterocycles. The summed E-state index contributed by atoms with van der Waals surface area (Å²) in [4.78, 5) is 19.5. The molecule has 2 aliphatic rings. The molecular weight excluding hydrogens is 360 g/mol. The number of nitrogens with one attached hydrogen (secondary N) is 2. The summed E-state index contributed by atoms with van der Waals surface area (Å²) in [5.74, 6) is -0.0921. The summed E-state index contributed by atoms with van der Waals surface area (Å²) in [5.41, 5.74) is 5.56. The highest BCUT2D eigenvalue weighted by Gasteiger charge is 2.26. The van der Waals surface area contributed by atoms with Crippen LogP contribution in [0.3, 0.4) is 0 Å². The molecule has 3 aromatic rings. The van der Waals surface area contributed by atoms with Crippen LogP contribution in [0.1, 0.15) is 30.4 Å². The number of aromatic nitrogens is 1. The highest BCUT2D eigenvalue weighted by Crippen LogP contribution is 2.37. The first-order chi connectivity index (χ1) is 14.3. The standard InChI is InChI=1S/C24H24N4O/c29-24-20(23-19-5-4-12-25-21(19)10-11-22(23)27-24)15-26-18-8-6-17(7-9-18)16-28-13-2-1-3-14-28/h4-12,15,26H,1-3,13-14,16H2,(H,27,29). The van der Waals surface area contributed by atoms with Gasteiger partial charge in [-0.3, -0.25) is 14.7 Å². The molecule has 146 valence electrons. The Kier molecular flexibility index (Phi) is 4.74. The molecule has 0 unspecified atom stereocenters. The van der Waals surface area contributed by atoms with Gasteiger partial charge in [-0.05, 0) is 61.8 Å². The van der Waals surface area contributed by atoms with Crippen LogP contribution < -0.4 is 10.6 Å². The molecular formula is C24H24N4O. The normalized spacial score (nSPS) is 18.1. The highest BCUT2D eigenvalue weighted by atomic mass is 16.2. The van der Waals surface area contributed by atoms with Crippen LogP contribution in [-0.2, 0) is 11.3 Å². The molecule has 5 rings (SSSR count). The van der Waals surface area contributed by atoms with Crippen LogP contribution >= 0.6 is 0 Å². The predicted octanol–water partition coefficient (Wildman–Crippen LogP) is 4.63. The zero-order valence-corrected chi connectivity index (χ0v) is 16.3. The average molecular weight is 384 g/mol. The van der Waals surface area contributed by atoms with Gasteiger partial charge in [0.1, 0.15) is 0 Å². The second-order valence-electron chi connectivity index (χ2n) is 7.75. The van der Waals surface area contributed by atoms with Crippen molar-refractivity contribution in [2.24, 2.45) is 0 Å². The maximum atomic E-state index is 12.5. The molecule has 0 aliphatic carbocycles. The van der Waals surface area contributed by atoms with Crippen LogP contribution in [0.5, 0.6) is 0 Å². The lowest BCUT2D eigenvalue weighted by atomic mass is 10.0. The van der Waals surface area contributed by atoms with E-state index in [-0.39, 0.29) is 5.91 Å². The first-order valence-corrected chi connectivity index (χ1v) is 10.3. The van der Waals surface area contributed by atoms with Gasteiger partial charge in [0.15, 0.2) is 0 Å². The van der Waals surface area contributed by atoms with Crippen LogP contribution in [0.25, 0.3) is 16.5 Å². The molecule has 1 amide bonds. The number of anilines is 2. The number of piperidine rings is 1. The molecule has 2 aliphatic heterocycles. The van der Waals surface area contributed by atoms with Gasteiger partial charge in [0.05, 0.1) is 11.1 Å². The van der Waals surface area contributed by atoms with Gasteiger partial charge >= 0.3 is 0 Å². The van der Waals surface area contributed by atoms with Gasteiger partial charge in [0, 0.05) is 41.3 Å². The molecule has 0 saturated carbocycles. The van der Waals surface area contributed by atoms with Crippen molar-refractivity contribution in [2.75, 3.05) is 23.7 Å². The van der Waals surface area contributed by atoms with E-state index < -0.39 is 0 Å². The molecule has 0 radical (unpaired) electrons. The minimum absolute atomic E-state index is 0.0921. The Balaban J connectivity index is 1.35. The van der Waals surface area contributed by atoms with Crippen LogP contribution in [0.4, 0.5) is 11.4 Å². The molecule has 0 spiro atoms. The molecule has 5 heteroatoms. The third kappa shape index (κ3) is 3.61. The van der Waals surface area contributed by atoms with Crippen LogP contribution in [0.2, 0.25) is 0 Å². The van der Waals surface area contributed by atoms with E-state index in [4.69, 9.17) is 0 Å². The Hall–Kier alpha value is -3.18. The van der Waals surface area contributed by atoms with Crippen molar-refractivity contribution in [2.45, 2.75) is 25.8 Å².